The van der Waals surface area contributed by atoms with Crippen molar-refractivity contribution in [1.82, 2.24) is 0 Å². The molecule has 0 unspecified atom stereocenters. The highest BCUT2D eigenvalue weighted by Crippen LogP contribution is 2.17. The average molecular weight is 182 g/mol. The van der Waals surface area contributed by atoms with Crippen LogP contribution in [-0.4, -0.2) is 24.0 Å². The van der Waals surface area contributed by atoms with Crippen LogP contribution in [0.4, 0.5) is 0 Å². The maximum absolute atomic E-state index is 8.48. The molecule has 0 radical (unpaired) electrons. The highest BCUT2D eigenvalue weighted by Gasteiger charge is 2.10. The van der Waals surface area contributed by atoms with Crippen molar-refractivity contribution in [2.45, 2.75) is 6.92 Å². The number of hydrogen-bond acceptors (Lipinski definition) is 4. The molecule has 1 rings (SSSR count). The monoisotopic (exact) mass is 182 g/mol. The summed E-state index contributed by atoms with van der Waals surface area (Å²) >= 11 is 0. The summed E-state index contributed by atoms with van der Waals surface area (Å²) in [5.41, 5.74) is 0. The Bertz CT molecular complexity index is 247. The van der Waals surface area contributed by atoms with Crippen molar-refractivity contribution in [3.8, 4) is 11.5 Å². The van der Waals surface area contributed by atoms with Crippen molar-refractivity contribution in [2.24, 2.45) is 0 Å². The molecule has 2 N–H and O–H groups in total. The van der Waals surface area contributed by atoms with Gasteiger partial charge in [0.2, 0.25) is 0 Å². The zero-order chi connectivity index (χ0) is 9.68. The van der Waals surface area contributed by atoms with Gasteiger partial charge in [-0.25, -0.2) is 0 Å². The van der Waals surface area contributed by atoms with E-state index in [-0.39, 0.29) is 0 Å². The van der Waals surface area contributed by atoms with Gasteiger partial charge in [-0.2, -0.15) is 0 Å². The molecule has 0 spiro atoms. The van der Waals surface area contributed by atoms with E-state index in [4.69, 9.17) is 14.8 Å². The fourth-order valence-corrected chi connectivity index (χ4v) is 0.903. The van der Waals surface area contributed by atoms with Gasteiger partial charge in [-0.15, -0.1) is 0 Å². The second kappa shape index (κ2) is 4.74. The van der Waals surface area contributed by atoms with Gasteiger partial charge in [0.1, 0.15) is 11.5 Å². The Kier molecular flexibility index (Phi) is 3.61. The molecule has 13 heavy (non-hydrogen) atoms. The Balaban J connectivity index is 2.59. The maximum atomic E-state index is 8.48. The molecule has 70 valence electrons. The first-order valence-electron chi connectivity index (χ1n) is 3.98. The van der Waals surface area contributed by atoms with E-state index in [2.05, 4.69) is 4.65 Å². The van der Waals surface area contributed by atoms with Gasteiger partial charge in [0.25, 0.3) is 0 Å². The maximum Gasteiger partial charge on any atom is 0.707 e. The average Bonchev–Trinajstić information content (AvgIpc) is 2.08. The van der Waals surface area contributed by atoms with E-state index in [1.807, 2.05) is 6.92 Å². The molecular formula is C8H11BO4. The number of rotatable bonds is 4. The topological polar surface area (TPSA) is 58.9 Å². The summed E-state index contributed by atoms with van der Waals surface area (Å²) in [5.74, 6) is 1.11. The summed E-state index contributed by atoms with van der Waals surface area (Å²) in [6, 6.07) is 6.59. The lowest BCUT2D eigenvalue weighted by molar-refractivity contribution is 0.287. The van der Waals surface area contributed by atoms with Crippen molar-refractivity contribution in [2.75, 3.05) is 6.61 Å². The van der Waals surface area contributed by atoms with Crippen molar-refractivity contribution >= 4 is 7.32 Å². The second-order valence-corrected chi connectivity index (χ2v) is 2.35. The quantitative estimate of drug-likeness (QED) is 0.663. The van der Waals surface area contributed by atoms with Crippen LogP contribution in [0.3, 0.4) is 0 Å². The highest BCUT2D eigenvalue weighted by atomic mass is 16.6. The van der Waals surface area contributed by atoms with Crippen LogP contribution >= 0.6 is 0 Å². The molecule has 0 amide bonds. The van der Waals surface area contributed by atoms with Crippen LogP contribution < -0.4 is 9.39 Å². The fraction of sp³-hybridized carbons (Fsp3) is 0.250. The molecular weight excluding hydrogens is 171 g/mol. The summed E-state index contributed by atoms with van der Waals surface area (Å²) in [5, 5.41) is 17.0. The first-order chi connectivity index (χ1) is 6.22. The van der Waals surface area contributed by atoms with Crippen LogP contribution in [0.25, 0.3) is 0 Å². The van der Waals surface area contributed by atoms with E-state index in [0.29, 0.717) is 12.4 Å². The Labute approximate surface area is 76.9 Å². The molecule has 1 aromatic rings. The largest absolute Gasteiger partial charge is 0.707 e. The molecule has 0 aliphatic carbocycles. The lowest BCUT2D eigenvalue weighted by Crippen LogP contribution is -2.20. The smallest absolute Gasteiger partial charge is 0.512 e. The third kappa shape index (κ3) is 3.35. The Morgan fingerprint density at radius 3 is 2.15 bits per heavy atom. The molecule has 0 aliphatic rings. The van der Waals surface area contributed by atoms with E-state index in [0.717, 1.165) is 5.75 Å². The molecule has 0 bridgehead atoms. The molecule has 0 saturated carbocycles. The predicted molar refractivity (Wildman–Crippen MR) is 48.4 cm³/mol. The van der Waals surface area contributed by atoms with Crippen molar-refractivity contribution in [3.05, 3.63) is 24.3 Å². The van der Waals surface area contributed by atoms with Gasteiger partial charge in [0, 0.05) is 0 Å². The lowest BCUT2D eigenvalue weighted by Gasteiger charge is -2.06. The fourth-order valence-electron chi connectivity index (χ4n) is 0.903. The van der Waals surface area contributed by atoms with Crippen molar-refractivity contribution in [3.63, 3.8) is 0 Å². The second-order valence-electron chi connectivity index (χ2n) is 2.35. The van der Waals surface area contributed by atoms with Crippen LogP contribution in [0.2, 0.25) is 0 Å². The van der Waals surface area contributed by atoms with Gasteiger partial charge in [0.05, 0.1) is 6.61 Å². The lowest BCUT2D eigenvalue weighted by atomic mass is 10.2. The summed E-state index contributed by atoms with van der Waals surface area (Å²) in [6.07, 6.45) is 0. The third-order valence-corrected chi connectivity index (χ3v) is 1.38. The third-order valence-electron chi connectivity index (χ3n) is 1.38. The summed E-state index contributed by atoms with van der Waals surface area (Å²) in [4.78, 5) is 0. The minimum atomic E-state index is -1.78. The van der Waals surface area contributed by atoms with Crippen LogP contribution in [0, 0.1) is 0 Å². The molecule has 5 heteroatoms. The van der Waals surface area contributed by atoms with Crippen LogP contribution in [0.5, 0.6) is 11.5 Å². The van der Waals surface area contributed by atoms with Crippen molar-refractivity contribution in [1.29, 1.82) is 0 Å². The Hall–Kier alpha value is -1.20. The van der Waals surface area contributed by atoms with Crippen LogP contribution in [0.1, 0.15) is 6.92 Å². The zero-order valence-corrected chi connectivity index (χ0v) is 7.30. The first-order valence-corrected chi connectivity index (χ1v) is 3.98. The number of ether oxygens (including phenoxy) is 1. The molecule has 1 aromatic carbocycles. The zero-order valence-electron chi connectivity index (χ0n) is 7.30. The number of benzene rings is 1. The minimum absolute atomic E-state index is 0.387. The molecule has 0 aromatic heterocycles. The standard InChI is InChI=1S/C8H11BO4/c1-2-12-7-3-5-8(6-4-7)13-9(10)11/h3-6,10-11H,2H2,1H3. The van der Waals surface area contributed by atoms with E-state index >= 15 is 0 Å². The van der Waals surface area contributed by atoms with Crippen LogP contribution in [0.15, 0.2) is 24.3 Å². The summed E-state index contributed by atoms with van der Waals surface area (Å²) in [6.45, 7) is 2.49. The minimum Gasteiger partial charge on any atom is -0.512 e. The van der Waals surface area contributed by atoms with Gasteiger partial charge in [-0.3, -0.25) is 0 Å². The number of hydrogen-bond donors (Lipinski definition) is 2. The Morgan fingerprint density at radius 1 is 1.15 bits per heavy atom. The van der Waals surface area contributed by atoms with Gasteiger partial charge in [0.15, 0.2) is 0 Å². The molecule has 4 nitrogen and oxygen atoms in total. The molecule has 0 aliphatic heterocycles. The van der Waals surface area contributed by atoms with Gasteiger partial charge < -0.3 is 19.4 Å². The van der Waals surface area contributed by atoms with Gasteiger partial charge in [-0.05, 0) is 31.2 Å². The summed E-state index contributed by atoms with van der Waals surface area (Å²) in [7, 11) is -1.78. The van der Waals surface area contributed by atoms with Gasteiger partial charge >= 0.3 is 7.32 Å². The molecule has 0 atom stereocenters. The molecule has 0 heterocycles. The van der Waals surface area contributed by atoms with Gasteiger partial charge in [-0.1, -0.05) is 0 Å². The normalized spacial score (nSPS) is 9.46. The predicted octanol–water partition coefficient (Wildman–Crippen LogP) is 0.434. The van der Waals surface area contributed by atoms with Crippen molar-refractivity contribution < 1.29 is 19.4 Å². The van der Waals surface area contributed by atoms with E-state index in [1.54, 1.807) is 24.3 Å². The van der Waals surface area contributed by atoms with E-state index < -0.39 is 7.32 Å². The molecule has 0 saturated heterocycles. The Morgan fingerprint density at radius 2 is 1.69 bits per heavy atom. The van der Waals surface area contributed by atoms with E-state index in [9.17, 15) is 0 Å². The SMILES string of the molecule is CCOc1ccc(OB(O)O)cc1. The molecule has 0 fully saturated rings. The van der Waals surface area contributed by atoms with E-state index in [1.165, 1.54) is 0 Å². The van der Waals surface area contributed by atoms with Crippen LogP contribution in [-0.2, 0) is 0 Å². The first kappa shape index (κ1) is 9.89. The summed E-state index contributed by atoms with van der Waals surface area (Å²) < 4.78 is 9.79. The highest BCUT2D eigenvalue weighted by molar-refractivity contribution is 6.33.